The maximum absolute atomic E-state index is 5.80. The molecule has 1 aromatic carbocycles. The molecule has 2 heterocycles. The van der Waals surface area contributed by atoms with Crippen LogP contribution in [0.1, 0.15) is 55.8 Å². The van der Waals surface area contributed by atoms with Crippen molar-refractivity contribution in [3.8, 4) is 11.5 Å². The first kappa shape index (κ1) is 17.7. The molecule has 0 aliphatic rings. The lowest BCUT2D eigenvalue weighted by atomic mass is 9.96. The first-order valence-electron chi connectivity index (χ1n) is 8.15. The van der Waals surface area contributed by atoms with Crippen molar-refractivity contribution in [3.63, 3.8) is 0 Å². The van der Waals surface area contributed by atoms with Crippen LogP contribution in [0.5, 0.6) is 0 Å². The van der Waals surface area contributed by atoms with Crippen LogP contribution < -0.4 is 0 Å². The number of hydrogen-bond donors (Lipinski definition) is 0. The highest BCUT2D eigenvalue weighted by Crippen LogP contribution is 2.35. The van der Waals surface area contributed by atoms with Gasteiger partial charge in [0.05, 0.1) is 5.25 Å². The Labute approximate surface area is 151 Å². The van der Waals surface area contributed by atoms with Gasteiger partial charge in [-0.1, -0.05) is 54.9 Å². The van der Waals surface area contributed by atoms with E-state index in [4.69, 9.17) is 8.94 Å². The summed E-state index contributed by atoms with van der Waals surface area (Å²) in [5.74, 6) is 1.76. The summed E-state index contributed by atoms with van der Waals surface area (Å²) in [6.45, 7) is 12.2. The third-order valence-corrected chi connectivity index (χ3v) is 4.53. The Balaban J connectivity index is 1.75. The van der Waals surface area contributed by atoms with Gasteiger partial charge in [0.15, 0.2) is 5.82 Å². The highest BCUT2D eigenvalue weighted by Gasteiger charge is 2.24. The van der Waals surface area contributed by atoms with E-state index in [0.29, 0.717) is 22.8 Å². The van der Waals surface area contributed by atoms with E-state index in [2.05, 4.69) is 26.4 Å². The van der Waals surface area contributed by atoms with Crippen molar-refractivity contribution in [2.24, 2.45) is 0 Å². The van der Waals surface area contributed by atoms with E-state index in [1.807, 2.05) is 53.7 Å². The highest BCUT2D eigenvalue weighted by atomic mass is 32.2. The van der Waals surface area contributed by atoms with Gasteiger partial charge in [-0.15, -0.1) is 10.2 Å². The minimum absolute atomic E-state index is 0.0730. The average molecular weight is 358 g/mol. The van der Waals surface area contributed by atoms with Crippen molar-refractivity contribution in [1.29, 1.82) is 0 Å². The number of benzene rings is 1. The zero-order valence-corrected chi connectivity index (χ0v) is 16.1. The molecule has 0 saturated heterocycles. The summed E-state index contributed by atoms with van der Waals surface area (Å²) in [6.07, 6.45) is 0. The Bertz CT molecular complexity index is 859. The molecule has 0 amide bonds. The molecule has 0 bridgehead atoms. The molecular formula is C18H22N4O2S. The SMILES string of the molecule is Cc1cc(C)cc(-c2nnc(SC(C)c3nc(C(C)(C)C)no3)o2)c1. The van der Waals surface area contributed by atoms with Crippen molar-refractivity contribution in [1.82, 2.24) is 20.3 Å². The second-order valence-electron chi connectivity index (χ2n) is 7.22. The lowest BCUT2D eigenvalue weighted by Gasteiger charge is -2.11. The van der Waals surface area contributed by atoms with Crippen LogP contribution in [0.25, 0.3) is 11.5 Å². The molecular weight excluding hydrogens is 336 g/mol. The zero-order valence-electron chi connectivity index (χ0n) is 15.3. The van der Waals surface area contributed by atoms with Crippen LogP contribution in [0, 0.1) is 13.8 Å². The molecule has 7 heteroatoms. The second-order valence-corrected chi connectivity index (χ2v) is 8.51. The Morgan fingerprint density at radius 2 is 1.72 bits per heavy atom. The molecule has 0 fully saturated rings. The fourth-order valence-electron chi connectivity index (χ4n) is 2.38. The van der Waals surface area contributed by atoms with Crippen LogP contribution in [-0.4, -0.2) is 20.3 Å². The van der Waals surface area contributed by atoms with Crippen LogP contribution in [-0.2, 0) is 5.41 Å². The molecule has 132 valence electrons. The van der Waals surface area contributed by atoms with Gasteiger partial charge in [-0.2, -0.15) is 4.98 Å². The fourth-order valence-corrected chi connectivity index (χ4v) is 3.09. The quantitative estimate of drug-likeness (QED) is 0.615. The average Bonchev–Trinajstić information content (AvgIpc) is 3.14. The molecule has 0 saturated carbocycles. The van der Waals surface area contributed by atoms with Crippen molar-refractivity contribution < 1.29 is 8.94 Å². The van der Waals surface area contributed by atoms with E-state index in [-0.39, 0.29) is 10.7 Å². The van der Waals surface area contributed by atoms with Crippen molar-refractivity contribution in [2.45, 2.75) is 57.4 Å². The third kappa shape index (κ3) is 4.10. The lowest BCUT2D eigenvalue weighted by Crippen LogP contribution is -2.13. The Morgan fingerprint density at radius 3 is 2.32 bits per heavy atom. The third-order valence-electron chi connectivity index (χ3n) is 3.61. The van der Waals surface area contributed by atoms with E-state index < -0.39 is 0 Å². The Morgan fingerprint density at radius 1 is 1.04 bits per heavy atom. The van der Waals surface area contributed by atoms with E-state index in [0.717, 1.165) is 16.7 Å². The van der Waals surface area contributed by atoms with Gasteiger partial charge >= 0.3 is 0 Å². The number of nitrogens with zero attached hydrogens (tertiary/aromatic N) is 4. The van der Waals surface area contributed by atoms with Crippen molar-refractivity contribution >= 4 is 11.8 Å². The predicted molar refractivity (Wildman–Crippen MR) is 96.5 cm³/mol. The molecule has 3 aromatic rings. The summed E-state index contributed by atoms with van der Waals surface area (Å²) in [5, 5.41) is 12.8. The van der Waals surface area contributed by atoms with Gasteiger partial charge in [-0.3, -0.25) is 0 Å². The van der Waals surface area contributed by atoms with Crippen LogP contribution in [0.4, 0.5) is 0 Å². The van der Waals surface area contributed by atoms with Gasteiger partial charge in [0.2, 0.25) is 11.8 Å². The number of hydrogen-bond acceptors (Lipinski definition) is 7. The minimum atomic E-state index is -0.146. The molecule has 0 aliphatic carbocycles. The monoisotopic (exact) mass is 358 g/mol. The zero-order chi connectivity index (χ0) is 18.2. The van der Waals surface area contributed by atoms with Crippen LogP contribution in [0.15, 0.2) is 32.4 Å². The second kappa shape index (κ2) is 6.63. The van der Waals surface area contributed by atoms with Crippen molar-refractivity contribution in [2.75, 3.05) is 0 Å². The van der Waals surface area contributed by atoms with E-state index in [1.165, 1.54) is 11.8 Å². The normalized spacial score (nSPS) is 13.2. The standard InChI is InChI=1S/C18H22N4O2S/c1-10-7-11(2)9-13(8-10)15-20-21-17(23-15)25-12(3)14-19-16(22-24-14)18(4,5)6/h7-9,12H,1-6H3. The molecule has 2 aromatic heterocycles. The van der Waals surface area contributed by atoms with Gasteiger partial charge in [-0.25, -0.2) is 0 Å². The fraction of sp³-hybridized carbons (Fsp3) is 0.444. The van der Waals surface area contributed by atoms with Gasteiger partial charge in [-0.05, 0) is 32.9 Å². The van der Waals surface area contributed by atoms with E-state index in [9.17, 15) is 0 Å². The summed E-state index contributed by atoms with van der Waals surface area (Å²) in [7, 11) is 0. The Kier molecular flexibility index (Phi) is 4.69. The number of rotatable bonds is 4. The molecule has 0 spiro atoms. The number of aromatic nitrogens is 4. The maximum Gasteiger partial charge on any atom is 0.277 e. The summed E-state index contributed by atoms with van der Waals surface area (Å²) in [5.41, 5.74) is 3.11. The molecule has 1 atom stereocenters. The Hall–Kier alpha value is -2.15. The number of aryl methyl sites for hydroxylation is 2. The molecule has 1 unspecified atom stereocenters. The lowest BCUT2D eigenvalue weighted by molar-refractivity contribution is 0.363. The van der Waals surface area contributed by atoms with Gasteiger partial charge in [0.25, 0.3) is 5.22 Å². The largest absolute Gasteiger partial charge is 0.411 e. The van der Waals surface area contributed by atoms with Crippen LogP contribution in [0.2, 0.25) is 0 Å². The summed E-state index contributed by atoms with van der Waals surface area (Å²) in [4.78, 5) is 4.48. The predicted octanol–water partition coefficient (Wildman–Crippen LogP) is 4.89. The highest BCUT2D eigenvalue weighted by molar-refractivity contribution is 7.99. The molecule has 25 heavy (non-hydrogen) atoms. The minimum Gasteiger partial charge on any atom is -0.411 e. The topological polar surface area (TPSA) is 77.8 Å². The van der Waals surface area contributed by atoms with E-state index >= 15 is 0 Å². The molecule has 3 rings (SSSR count). The molecule has 0 N–H and O–H groups in total. The van der Waals surface area contributed by atoms with Gasteiger partial charge in [0.1, 0.15) is 0 Å². The summed E-state index contributed by atoms with van der Waals surface area (Å²) >= 11 is 1.41. The maximum atomic E-state index is 5.80. The first-order valence-corrected chi connectivity index (χ1v) is 9.03. The van der Waals surface area contributed by atoms with Crippen molar-refractivity contribution in [3.05, 3.63) is 41.0 Å². The summed E-state index contributed by atoms with van der Waals surface area (Å²) < 4.78 is 11.2. The molecule has 0 radical (unpaired) electrons. The first-order chi connectivity index (χ1) is 11.7. The van der Waals surface area contributed by atoms with Crippen LogP contribution in [0.3, 0.4) is 0 Å². The van der Waals surface area contributed by atoms with Crippen LogP contribution >= 0.6 is 11.8 Å². The molecule has 0 aliphatic heterocycles. The summed E-state index contributed by atoms with van der Waals surface area (Å²) in [6, 6.07) is 6.18. The number of thioether (sulfide) groups is 1. The van der Waals surface area contributed by atoms with Gasteiger partial charge in [0, 0.05) is 11.0 Å². The van der Waals surface area contributed by atoms with E-state index in [1.54, 1.807) is 0 Å². The smallest absolute Gasteiger partial charge is 0.277 e. The van der Waals surface area contributed by atoms with Gasteiger partial charge < -0.3 is 8.94 Å². The molecule has 6 nitrogen and oxygen atoms in total.